The van der Waals surface area contributed by atoms with E-state index in [1.165, 1.54) is 39.7 Å². The molecule has 3 aromatic heterocycles. The van der Waals surface area contributed by atoms with Gasteiger partial charge in [0.1, 0.15) is 4.90 Å². The summed E-state index contributed by atoms with van der Waals surface area (Å²) in [6.07, 6.45) is -1.21. The molecule has 5 heterocycles. The Kier molecular flexibility index (Phi) is 6.78. The lowest BCUT2D eigenvalue weighted by Crippen LogP contribution is -2.53. The van der Waals surface area contributed by atoms with E-state index in [-0.39, 0.29) is 47.8 Å². The quantitative estimate of drug-likeness (QED) is 0.412. The molecule has 3 aromatic rings. The lowest BCUT2D eigenvalue weighted by molar-refractivity contribution is -0.138. The van der Waals surface area contributed by atoms with Crippen LogP contribution in [0.15, 0.2) is 23.4 Å². The van der Waals surface area contributed by atoms with E-state index in [0.29, 0.717) is 35.4 Å². The normalized spacial score (nSPS) is 22.7. The third kappa shape index (κ3) is 5.44. The fourth-order valence-corrected chi connectivity index (χ4v) is 7.53. The van der Waals surface area contributed by atoms with Crippen LogP contribution < -0.4 is 9.62 Å². The van der Waals surface area contributed by atoms with E-state index in [1.54, 1.807) is 6.92 Å². The minimum atomic E-state index is -4.70. The van der Waals surface area contributed by atoms with Gasteiger partial charge in [0.2, 0.25) is 20.9 Å². The van der Waals surface area contributed by atoms with Crippen LogP contribution in [0.5, 0.6) is 0 Å². The summed E-state index contributed by atoms with van der Waals surface area (Å²) in [4.78, 5) is 21.9. The number of aromatic nitrogens is 4. The molecule has 2 saturated heterocycles. The van der Waals surface area contributed by atoms with Crippen LogP contribution in [0.25, 0.3) is 16.3 Å². The number of nitrogens with one attached hydrogen (secondary N) is 1. The average Bonchev–Trinajstić information content (AvgIpc) is 3.27. The Morgan fingerprint density at radius 1 is 1.14 bits per heavy atom. The first kappa shape index (κ1) is 29.1. The second kappa shape index (κ2) is 9.78. The molecule has 0 bridgehead atoms. The summed E-state index contributed by atoms with van der Waals surface area (Å²) in [5.74, 6) is -3.33. The van der Waals surface area contributed by atoms with E-state index in [2.05, 4.69) is 19.9 Å². The van der Waals surface area contributed by atoms with Crippen molar-refractivity contribution in [3.8, 4) is 10.8 Å². The molecular formula is C24H27F5N8O3S2. The van der Waals surface area contributed by atoms with Gasteiger partial charge in [-0.25, -0.2) is 26.9 Å². The summed E-state index contributed by atoms with van der Waals surface area (Å²) in [6, 6.07) is 0.547. The highest BCUT2D eigenvalue weighted by Gasteiger charge is 2.48. The minimum absolute atomic E-state index is 0.00653. The van der Waals surface area contributed by atoms with Gasteiger partial charge < -0.3 is 9.80 Å². The summed E-state index contributed by atoms with van der Waals surface area (Å²) in [6.45, 7) is 2.24. The first-order valence-electron chi connectivity index (χ1n) is 13.1. The van der Waals surface area contributed by atoms with Crippen molar-refractivity contribution in [2.75, 3.05) is 44.7 Å². The van der Waals surface area contributed by atoms with Gasteiger partial charge in [-0.15, -0.1) is 10.2 Å². The number of nitrogens with zero attached hydrogens (tertiary/aromatic N) is 7. The summed E-state index contributed by atoms with van der Waals surface area (Å²) in [7, 11) is -2.54. The number of hydrogen-bond acceptors (Lipinski definition) is 9. The highest BCUT2D eigenvalue weighted by atomic mass is 32.2. The largest absolute Gasteiger partial charge is 0.445 e. The van der Waals surface area contributed by atoms with Gasteiger partial charge in [0, 0.05) is 44.3 Å². The van der Waals surface area contributed by atoms with Crippen LogP contribution in [0, 0.1) is 0 Å². The number of likely N-dealkylation sites (tertiary alicyclic amines) is 1. The molecule has 0 radical (unpaired) electrons. The number of amides is 1. The van der Waals surface area contributed by atoms with Crippen molar-refractivity contribution < 1.29 is 35.2 Å². The van der Waals surface area contributed by atoms with Gasteiger partial charge >= 0.3 is 6.18 Å². The van der Waals surface area contributed by atoms with Gasteiger partial charge in [-0.05, 0) is 32.9 Å². The number of likely N-dealkylation sites (N-methyl/N-ethyl adjacent to an activating group) is 1. The number of halogens is 5. The predicted molar refractivity (Wildman–Crippen MR) is 142 cm³/mol. The Bertz CT molecular complexity index is 1640. The van der Waals surface area contributed by atoms with Crippen LogP contribution >= 0.6 is 11.3 Å². The SMILES string of the molecule is CN1CC(F)(F)C[C@@H]1C(=O)N1CCN(c2cc(S(=O)(=O)NC3(C)CC3)cn3c(-c4nnc(C(F)(F)F)s4)ncc23)CC1. The van der Waals surface area contributed by atoms with Gasteiger partial charge in [0.05, 0.1) is 30.0 Å². The number of fused-ring (bicyclic) bond motifs is 1. The minimum Gasteiger partial charge on any atom is -0.366 e. The molecule has 1 N–H and O–H groups in total. The first-order valence-corrected chi connectivity index (χ1v) is 15.4. The third-order valence-electron chi connectivity index (χ3n) is 7.87. The van der Waals surface area contributed by atoms with Crippen molar-refractivity contribution in [3.05, 3.63) is 23.5 Å². The van der Waals surface area contributed by atoms with Crippen LogP contribution in [0.3, 0.4) is 0 Å². The van der Waals surface area contributed by atoms with Crippen LogP contribution in [-0.2, 0) is 21.0 Å². The van der Waals surface area contributed by atoms with Crippen LogP contribution in [0.4, 0.5) is 27.6 Å². The highest BCUT2D eigenvalue weighted by Crippen LogP contribution is 2.39. The maximum absolute atomic E-state index is 13.9. The van der Waals surface area contributed by atoms with Gasteiger partial charge in [0.25, 0.3) is 5.92 Å². The molecule has 0 spiro atoms. The average molecular weight is 635 g/mol. The molecule has 6 rings (SSSR count). The smallest absolute Gasteiger partial charge is 0.366 e. The van der Waals surface area contributed by atoms with Crippen molar-refractivity contribution in [1.82, 2.24) is 34.1 Å². The lowest BCUT2D eigenvalue weighted by Gasteiger charge is -2.38. The van der Waals surface area contributed by atoms with Gasteiger partial charge in [-0.2, -0.15) is 13.2 Å². The fourth-order valence-electron chi connectivity index (χ4n) is 5.35. The predicted octanol–water partition coefficient (Wildman–Crippen LogP) is 2.69. The molecule has 42 heavy (non-hydrogen) atoms. The van der Waals surface area contributed by atoms with Crippen molar-refractivity contribution >= 4 is 38.5 Å². The van der Waals surface area contributed by atoms with Gasteiger partial charge in [0.15, 0.2) is 10.8 Å². The van der Waals surface area contributed by atoms with Crippen molar-refractivity contribution in [3.63, 3.8) is 0 Å². The highest BCUT2D eigenvalue weighted by molar-refractivity contribution is 7.89. The number of pyridine rings is 1. The zero-order chi connectivity index (χ0) is 30.2. The number of anilines is 1. The molecule has 3 aliphatic rings. The Hall–Kier alpha value is -2.96. The molecule has 0 unspecified atom stereocenters. The molecule has 1 atom stereocenters. The zero-order valence-corrected chi connectivity index (χ0v) is 24.2. The molecule has 2 aliphatic heterocycles. The number of hydrogen-bond donors (Lipinski definition) is 1. The lowest BCUT2D eigenvalue weighted by atomic mass is 10.1. The number of piperazine rings is 1. The number of sulfonamides is 1. The molecular weight excluding hydrogens is 607 g/mol. The van der Waals surface area contributed by atoms with Gasteiger partial charge in [-0.3, -0.25) is 14.1 Å². The Labute approximate surface area is 241 Å². The Balaban J connectivity index is 1.33. The standard InChI is InChI=1S/C24H27F5N8O3S2/c1-22(3-4-22)33-42(39,40)14-9-15(17-11-30-18(37(17)12-14)19-31-32-21(41-19)24(27,28)29)35-5-7-36(8-6-35)20(38)16-10-23(25,26)13-34(16)2/h9,11-12,16,33H,3-8,10,13H2,1-2H3/t16-/m1/s1. The molecule has 18 heteroatoms. The molecule has 1 aliphatic carbocycles. The molecule has 228 valence electrons. The van der Waals surface area contributed by atoms with E-state index < -0.39 is 51.7 Å². The van der Waals surface area contributed by atoms with Crippen molar-refractivity contribution in [2.24, 2.45) is 0 Å². The zero-order valence-electron chi connectivity index (χ0n) is 22.5. The van der Waals surface area contributed by atoms with Crippen LogP contribution in [0.2, 0.25) is 0 Å². The van der Waals surface area contributed by atoms with E-state index in [9.17, 15) is 35.2 Å². The Morgan fingerprint density at radius 2 is 1.83 bits per heavy atom. The summed E-state index contributed by atoms with van der Waals surface area (Å²) < 4.78 is 98.2. The second-order valence-corrected chi connectivity index (χ2v) is 13.9. The number of alkyl halides is 5. The molecule has 11 nitrogen and oxygen atoms in total. The summed E-state index contributed by atoms with van der Waals surface area (Å²) in [5.41, 5.74) is 0.276. The molecule has 3 fully saturated rings. The Morgan fingerprint density at radius 3 is 2.40 bits per heavy atom. The molecule has 1 saturated carbocycles. The van der Waals surface area contributed by atoms with Gasteiger partial charge in [-0.1, -0.05) is 11.3 Å². The second-order valence-electron chi connectivity index (χ2n) is 11.3. The summed E-state index contributed by atoms with van der Waals surface area (Å²) in [5, 5.41) is 5.57. The fraction of sp³-hybridized carbons (Fsp3) is 0.583. The maximum atomic E-state index is 13.9. The van der Waals surface area contributed by atoms with Crippen LogP contribution in [-0.4, -0.2) is 101 Å². The number of carbonyl (C=O) groups excluding carboxylic acids is 1. The molecule has 1 amide bonds. The number of carbonyl (C=O) groups is 1. The molecule has 0 aromatic carbocycles. The van der Waals surface area contributed by atoms with E-state index in [0.717, 1.165) is 0 Å². The van der Waals surface area contributed by atoms with Crippen molar-refractivity contribution in [2.45, 2.75) is 54.8 Å². The monoisotopic (exact) mass is 634 g/mol. The number of rotatable bonds is 6. The van der Waals surface area contributed by atoms with E-state index in [1.807, 2.05) is 4.90 Å². The van der Waals surface area contributed by atoms with E-state index >= 15 is 0 Å². The topological polar surface area (TPSA) is 116 Å². The third-order valence-corrected chi connectivity index (χ3v) is 10.4. The number of imidazole rings is 1. The van der Waals surface area contributed by atoms with Crippen molar-refractivity contribution in [1.29, 1.82) is 0 Å². The summed E-state index contributed by atoms with van der Waals surface area (Å²) >= 11 is 0.292. The first-order chi connectivity index (χ1) is 19.6. The van der Waals surface area contributed by atoms with E-state index in [4.69, 9.17) is 0 Å². The van der Waals surface area contributed by atoms with Crippen LogP contribution in [0.1, 0.15) is 31.2 Å². The maximum Gasteiger partial charge on any atom is 0.445 e.